The second kappa shape index (κ2) is 5.51. The molecule has 1 N–H and O–H groups in total. The van der Waals surface area contributed by atoms with Crippen LogP contribution in [0.4, 0.5) is 8.78 Å². The van der Waals surface area contributed by atoms with E-state index in [1.807, 2.05) is 0 Å². The molecule has 25 heavy (non-hydrogen) atoms. The number of benzene rings is 1. The van der Waals surface area contributed by atoms with Crippen LogP contribution in [0.15, 0.2) is 18.2 Å². The molecular formula is C19H21F2NO3. The van der Waals surface area contributed by atoms with Crippen molar-refractivity contribution in [3.05, 3.63) is 35.4 Å². The highest BCUT2D eigenvalue weighted by molar-refractivity contribution is 5.91. The van der Waals surface area contributed by atoms with Crippen molar-refractivity contribution in [3.8, 4) is 0 Å². The summed E-state index contributed by atoms with van der Waals surface area (Å²) in [7, 11) is 0. The maximum absolute atomic E-state index is 14.3. The van der Waals surface area contributed by atoms with Crippen molar-refractivity contribution in [2.45, 2.75) is 43.9 Å². The summed E-state index contributed by atoms with van der Waals surface area (Å²) in [5.41, 5.74) is -2.20. The van der Waals surface area contributed by atoms with Crippen molar-refractivity contribution < 1.29 is 23.5 Å². The minimum atomic E-state index is -1.17. The Labute approximate surface area is 144 Å². The van der Waals surface area contributed by atoms with Gasteiger partial charge in [-0.3, -0.25) is 9.59 Å². The molecule has 2 aliphatic carbocycles. The van der Waals surface area contributed by atoms with Crippen molar-refractivity contribution >= 4 is 11.9 Å². The highest BCUT2D eigenvalue weighted by atomic mass is 19.1. The van der Waals surface area contributed by atoms with E-state index in [2.05, 4.69) is 0 Å². The first kappa shape index (κ1) is 16.5. The maximum atomic E-state index is 14.3. The first-order valence-electron chi connectivity index (χ1n) is 8.88. The monoisotopic (exact) mass is 349 g/mol. The van der Waals surface area contributed by atoms with Crippen molar-refractivity contribution in [2.24, 2.45) is 11.3 Å². The Morgan fingerprint density at radius 1 is 1.12 bits per heavy atom. The number of rotatable bonds is 3. The van der Waals surface area contributed by atoms with Crippen molar-refractivity contribution in [1.82, 2.24) is 4.90 Å². The summed E-state index contributed by atoms with van der Waals surface area (Å²) in [5, 5.41) is 9.70. The minimum absolute atomic E-state index is 0.0588. The van der Waals surface area contributed by atoms with Crippen LogP contribution in [0.3, 0.4) is 0 Å². The molecule has 0 aromatic heterocycles. The summed E-state index contributed by atoms with van der Waals surface area (Å²) in [6, 6.07) is 3.66. The number of halogens is 2. The zero-order chi connectivity index (χ0) is 17.8. The van der Waals surface area contributed by atoms with E-state index >= 15 is 0 Å². The molecule has 0 bridgehead atoms. The molecule has 0 unspecified atom stereocenters. The molecule has 1 saturated heterocycles. The number of carboxylic acids is 1. The lowest BCUT2D eigenvalue weighted by molar-refractivity contribution is -0.150. The van der Waals surface area contributed by atoms with Gasteiger partial charge >= 0.3 is 5.97 Å². The zero-order valence-corrected chi connectivity index (χ0v) is 13.9. The van der Waals surface area contributed by atoms with Crippen molar-refractivity contribution in [2.75, 3.05) is 13.1 Å². The topological polar surface area (TPSA) is 57.6 Å². The van der Waals surface area contributed by atoms with Crippen LogP contribution in [0.1, 0.15) is 44.1 Å². The van der Waals surface area contributed by atoms with Crippen LogP contribution < -0.4 is 0 Å². The molecule has 4 nitrogen and oxygen atoms in total. The molecule has 1 amide bonds. The normalized spacial score (nSPS) is 30.0. The van der Waals surface area contributed by atoms with Crippen LogP contribution >= 0.6 is 0 Å². The highest BCUT2D eigenvalue weighted by Crippen LogP contribution is 2.52. The number of nitrogens with zero attached hydrogens (tertiary/aromatic N) is 1. The largest absolute Gasteiger partial charge is 0.481 e. The smallest absolute Gasteiger partial charge is 0.311 e. The second-order valence-corrected chi connectivity index (χ2v) is 7.77. The minimum Gasteiger partial charge on any atom is -0.481 e. The number of hydrogen-bond acceptors (Lipinski definition) is 2. The van der Waals surface area contributed by atoms with Crippen LogP contribution in [0.5, 0.6) is 0 Å². The van der Waals surface area contributed by atoms with Gasteiger partial charge in [0.2, 0.25) is 5.91 Å². The predicted octanol–water partition coefficient (Wildman–Crippen LogP) is 3.10. The van der Waals surface area contributed by atoms with E-state index in [-0.39, 0.29) is 23.9 Å². The quantitative estimate of drug-likeness (QED) is 0.912. The zero-order valence-electron chi connectivity index (χ0n) is 13.9. The molecule has 2 saturated carbocycles. The lowest BCUT2D eigenvalue weighted by atomic mass is 9.63. The Bertz CT molecular complexity index is 726. The van der Waals surface area contributed by atoms with Gasteiger partial charge in [0.1, 0.15) is 11.6 Å². The first-order chi connectivity index (χ1) is 11.9. The molecule has 3 fully saturated rings. The number of likely N-dealkylation sites (tertiary alicyclic amines) is 1. The molecule has 0 radical (unpaired) electrons. The van der Waals surface area contributed by atoms with E-state index < -0.39 is 28.4 Å². The number of fused-ring (bicyclic) bond motifs is 1. The summed E-state index contributed by atoms with van der Waals surface area (Å²) in [4.78, 5) is 26.6. The fourth-order valence-corrected chi connectivity index (χ4v) is 5.15. The second-order valence-electron chi connectivity index (χ2n) is 7.77. The van der Waals surface area contributed by atoms with Gasteiger partial charge < -0.3 is 10.0 Å². The maximum Gasteiger partial charge on any atom is 0.311 e. The predicted molar refractivity (Wildman–Crippen MR) is 85.9 cm³/mol. The van der Waals surface area contributed by atoms with Crippen LogP contribution in [0.25, 0.3) is 0 Å². The van der Waals surface area contributed by atoms with E-state index in [9.17, 15) is 23.5 Å². The van der Waals surface area contributed by atoms with Gasteiger partial charge in [0.25, 0.3) is 0 Å². The van der Waals surface area contributed by atoms with E-state index in [1.54, 1.807) is 4.90 Å². The molecule has 1 aromatic carbocycles. The van der Waals surface area contributed by atoms with Crippen LogP contribution in [0, 0.1) is 23.0 Å². The molecule has 3 aliphatic rings. The molecule has 1 aliphatic heterocycles. The van der Waals surface area contributed by atoms with Crippen LogP contribution in [-0.4, -0.2) is 35.0 Å². The van der Waals surface area contributed by atoms with E-state index in [0.29, 0.717) is 25.8 Å². The molecule has 1 aromatic rings. The van der Waals surface area contributed by atoms with Crippen molar-refractivity contribution in [1.29, 1.82) is 0 Å². The van der Waals surface area contributed by atoms with Gasteiger partial charge in [0.15, 0.2) is 0 Å². The summed E-state index contributed by atoms with van der Waals surface area (Å²) in [6.07, 6.45) is 3.76. The third-order valence-electron chi connectivity index (χ3n) is 6.64. The molecular weight excluding hydrogens is 328 g/mol. The van der Waals surface area contributed by atoms with Gasteiger partial charge in [-0.05, 0) is 43.7 Å². The van der Waals surface area contributed by atoms with Gasteiger partial charge in [-0.2, -0.15) is 0 Å². The number of aliphatic carboxylic acids is 1. The fraction of sp³-hybridized carbons (Fsp3) is 0.579. The number of carbonyl (C=O) groups excluding carboxylic acids is 1. The summed E-state index contributed by atoms with van der Waals surface area (Å²) in [6.45, 7) is 0.534. The van der Waals surface area contributed by atoms with Crippen LogP contribution in [-0.2, 0) is 15.0 Å². The molecule has 134 valence electrons. The number of carbonyl (C=O) groups is 2. The van der Waals surface area contributed by atoms with Gasteiger partial charge in [-0.25, -0.2) is 8.78 Å². The molecule has 6 heteroatoms. The summed E-state index contributed by atoms with van der Waals surface area (Å²) < 4.78 is 28.7. The lowest BCUT2D eigenvalue weighted by Crippen LogP contribution is -2.52. The fourth-order valence-electron chi connectivity index (χ4n) is 5.15. The first-order valence-corrected chi connectivity index (χ1v) is 8.88. The molecule has 0 spiro atoms. The lowest BCUT2D eigenvalue weighted by Gasteiger charge is -2.43. The summed E-state index contributed by atoms with van der Waals surface area (Å²) >= 11 is 0. The Morgan fingerprint density at radius 2 is 1.80 bits per heavy atom. The van der Waals surface area contributed by atoms with Gasteiger partial charge in [-0.1, -0.05) is 18.9 Å². The number of amides is 1. The van der Waals surface area contributed by atoms with E-state index in [4.69, 9.17) is 0 Å². The van der Waals surface area contributed by atoms with E-state index in [0.717, 1.165) is 19.3 Å². The van der Waals surface area contributed by atoms with E-state index in [1.165, 1.54) is 18.2 Å². The Morgan fingerprint density at radius 3 is 2.32 bits per heavy atom. The van der Waals surface area contributed by atoms with Gasteiger partial charge in [0, 0.05) is 18.7 Å². The number of hydrogen-bond donors (Lipinski definition) is 1. The Balaban J connectivity index is 1.68. The molecule has 4 rings (SSSR count). The average Bonchev–Trinajstić information content (AvgIpc) is 3.06. The number of carboxylic acid groups (broad SMARTS) is 1. The molecule has 1 heterocycles. The van der Waals surface area contributed by atoms with Gasteiger partial charge in [0.05, 0.1) is 10.8 Å². The third kappa shape index (κ3) is 2.15. The Kier molecular flexibility index (Phi) is 3.63. The SMILES string of the molecule is O=C(N1C[C@@H]2CCC[C@@]2(C(=O)O)C1)C1(c2c(F)cccc2F)CCC1. The standard InChI is InChI=1S/C19H21F2NO3/c20-13-5-1-6-14(21)15(13)18(8-3-9-18)16(23)22-10-12-4-2-7-19(12,11-22)17(24)25/h1,5-6,12H,2-4,7-11H2,(H,24,25)/t12-,19+/m0/s1. The average molecular weight is 349 g/mol. The van der Waals surface area contributed by atoms with Gasteiger partial charge in [-0.15, -0.1) is 0 Å². The van der Waals surface area contributed by atoms with Crippen LogP contribution in [0.2, 0.25) is 0 Å². The Hall–Kier alpha value is -1.98. The highest BCUT2D eigenvalue weighted by Gasteiger charge is 2.59. The summed E-state index contributed by atoms with van der Waals surface area (Å²) in [5.74, 6) is -2.61. The molecule has 2 atom stereocenters. The van der Waals surface area contributed by atoms with Crippen molar-refractivity contribution in [3.63, 3.8) is 0 Å². The third-order valence-corrected chi connectivity index (χ3v) is 6.64.